The van der Waals surface area contributed by atoms with Gasteiger partial charge in [0.05, 0.1) is 18.0 Å². The Morgan fingerprint density at radius 2 is 1.76 bits per heavy atom. The third-order valence-electron chi connectivity index (χ3n) is 6.93. The van der Waals surface area contributed by atoms with E-state index < -0.39 is 0 Å². The molecule has 2 aliphatic heterocycles. The first kappa shape index (κ1) is 24.7. The van der Waals surface area contributed by atoms with Crippen molar-refractivity contribution in [2.45, 2.75) is 58.2 Å². The van der Waals surface area contributed by atoms with Gasteiger partial charge in [-0.1, -0.05) is 23.9 Å². The summed E-state index contributed by atoms with van der Waals surface area (Å²) in [5.41, 5.74) is 3.37. The molecule has 2 fully saturated rings. The number of hydrogen-bond donors (Lipinski definition) is 0. The molecule has 9 heteroatoms. The molecule has 3 heterocycles. The SMILES string of the molecule is Cc1ccc(C)c(-n2c(C)nnc2SCC(=O)N2CCN(CC(=O)N3CCCCC3C)CC2)c1. The van der Waals surface area contributed by atoms with Crippen LogP contribution < -0.4 is 0 Å². The fourth-order valence-corrected chi connectivity index (χ4v) is 5.69. The van der Waals surface area contributed by atoms with Crippen molar-refractivity contribution in [2.24, 2.45) is 0 Å². The molecule has 34 heavy (non-hydrogen) atoms. The van der Waals surface area contributed by atoms with Gasteiger partial charge in [-0.2, -0.15) is 0 Å². The maximum Gasteiger partial charge on any atom is 0.236 e. The van der Waals surface area contributed by atoms with Gasteiger partial charge in [0.15, 0.2) is 5.16 Å². The summed E-state index contributed by atoms with van der Waals surface area (Å²) in [6.45, 7) is 12.4. The molecule has 0 radical (unpaired) electrons. The van der Waals surface area contributed by atoms with E-state index in [0.29, 0.717) is 31.4 Å². The topological polar surface area (TPSA) is 74.6 Å². The van der Waals surface area contributed by atoms with Crippen LogP contribution in [0.4, 0.5) is 0 Å². The quantitative estimate of drug-likeness (QED) is 0.587. The van der Waals surface area contributed by atoms with Crippen molar-refractivity contribution in [3.8, 4) is 5.69 Å². The van der Waals surface area contributed by atoms with Crippen molar-refractivity contribution < 1.29 is 9.59 Å². The predicted molar refractivity (Wildman–Crippen MR) is 134 cm³/mol. The van der Waals surface area contributed by atoms with Crippen LogP contribution in [0.1, 0.15) is 43.1 Å². The molecular weight excluding hydrogens is 448 g/mol. The highest BCUT2D eigenvalue weighted by Gasteiger charge is 2.27. The molecule has 0 spiro atoms. The average Bonchev–Trinajstić information content (AvgIpc) is 3.19. The molecule has 8 nitrogen and oxygen atoms in total. The van der Waals surface area contributed by atoms with E-state index in [2.05, 4.69) is 54.1 Å². The number of hydrogen-bond acceptors (Lipinski definition) is 6. The number of piperidine rings is 1. The van der Waals surface area contributed by atoms with Gasteiger partial charge in [-0.15, -0.1) is 10.2 Å². The molecule has 1 aromatic heterocycles. The van der Waals surface area contributed by atoms with Gasteiger partial charge >= 0.3 is 0 Å². The van der Waals surface area contributed by atoms with Crippen LogP contribution in [0.2, 0.25) is 0 Å². The number of nitrogens with zero attached hydrogens (tertiary/aromatic N) is 6. The molecular formula is C25H36N6O2S. The van der Waals surface area contributed by atoms with E-state index in [9.17, 15) is 9.59 Å². The minimum Gasteiger partial charge on any atom is -0.339 e. The summed E-state index contributed by atoms with van der Waals surface area (Å²) in [5.74, 6) is 1.47. The van der Waals surface area contributed by atoms with Crippen LogP contribution >= 0.6 is 11.8 Å². The molecule has 1 aromatic carbocycles. The normalized spacial score (nSPS) is 19.5. The van der Waals surface area contributed by atoms with Crippen LogP contribution in [0.25, 0.3) is 5.69 Å². The van der Waals surface area contributed by atoms with Crippen molar-refractivity contribution in [3.05, 3.63) is 35.2 Å². The van der Waals surface area contributed by atoms with E-state index in [4.69, 9.17) is 0 Å². The predicted octanol–water partition coefficient (Wildman–Crippen LogP) is 2.83. The van der Waals surface area contributed by atoms with Gasteiger partial charge in [0.1, 0.15) is 5.82 Å². The van der Waals surface area contributed by atoms with E-state index in [-0.39, 0.29) is 11.8 Å². The number of carbonyl (C=O) groups is 2. The van der Waals surface area contributed by atoms with Crippen LogP contribution in [0.3, 0.4) is 0 Å². The average molecular weight is 485 g/mol. The van der Waals surface area contributed by atoms with Crippen LogP contribution in [-0.2, 0) is 9.59 Å². The van der Waals surface area contributed by atoms with E-state index >= 15 is 0 Å². The van der Waals surface area contributed by atoms with E-state index in [1.54, 1.807) is 0 Å². The lowest BCUT2D eigenvalue weighted by atomic mass is 10.0. The zero-order valence-electron chi connectivity index (χ0n) is 20.8. The van der Waals surface area contributed by atoms with Gasteiger partial charge in [-0.05, 0) is 64.2 Å². The highest BCUT2D eigenvalue weighted by atomic mass is 32.2. The summed E-state index contributed by atoms with van der Waals surface area (Å²) in [5, 5.41) is 9.33. The van der Waals surface area contributed by atoms with Gasteiger partial charge < -0.3 is 9.80 Å². The van der Waals surface area contributed by atoms with E-state index in [0.717, 1.165) is 54.7 Å². The fraction of sp³-hybridized carbons (Fsp3) is 0.600. The molecule has 0 bridgehead atoms. The Balaban J connectivity index is 1.29. The van der Waals surface area contributed by atoms with Crippen LogP contribution in [0.15, 0.2) is 23.4 Å². The number of aromatic nitrogens is 3. The molecule has 4 rings (SSSR count). The Morgan fingerprint density at radius 3 is 2.50 bits per heavy atom. The minimum atomic E-state index is 0.105. The number of benzene rings is 1. The van der Waals surface area contributed by atoms with Crippen molar-refractivity contribution in [1.29, 1.82) is 0 Å². The van der Waals surface area contributed by atoms with Crippen molar-refractivity contribution in [2.75, 3.05) is 45.0 Å². The Hall–Kier alpha value is -2.39. The molecule has 0 aliphatic carbocycles. The lowest BCUT2D eigenvalue weighted by Crippen LogP contribution is -2.53. The first-order valence-electron chi connectivity index (χ1n) is 12.3. The summed E-state index contributed by atoms with van der Waals surface area (Å²) in [6, 6.07) is 6.66. The summed E-state index contributed by atoms with van der Waals surface area (Å²) < 4.78 is 2.03. The summed E-state index contributed by atoms with van der Waals surface area (Å²) in [4.78, 5) is 31.8. The number of amides is 2. The first-order valence-corrected chi connectivity index (χ1v) is 13.2. The van der Waals surface area contributed by atoms with Crippen molar-refractivity contribution in [3.63, 3.8) is 0 Å². The van der Waals surface area contributed by atoms with Gasteiger partial charge in [0.2, 0.25) is 11.8 Å². The summed E-state index contributed by atoms with van der Waals surface area (Å²) in [7, 11) is 0. The zero-order valence-corrected chi connectivity index (χ0v) is 21.6. The minimum absolute atomic E-state index is 0.105. The van der Waals surface area contributed by atoms with Gasteiger partial charge in [0, 0.05) is 38.8 Å². The number of piperazine rings is 1. The molecule has 0 saturated carbocycles. The van der Waals surface area contributed by atoms with Crippen molar-refractivity contribution >= 4 is 23.6 Å². The molecule has 1 atom stereocenters. The first-order chi connectivity index (χ1) is 16.3. The molecule has 1 unspecified atom stereocenters. The van der Waals surface area contributed by atoms with Gasteiger partial charge in [-0.25, -0.2) is 0 Å². The van der Waals surface area contributed by atoms with E-state index in [1.165, 1.54) is 23.7 Å². The molecule has 184 valence electrons. The zero-order chi connectivity index (χ0) is 24.2. The number of likely N-dealkylation sites (tertiary alicyclic amines) is 1. The smallest absolute Gasteiger partial charge is 0.236 e. The second-order valence-electron chi connectivity index (χ2n) is 9.53. The standard InChI is InChI=1S/C25H36N6O2S/c1-18-8-9-19(2)22(15-18)31-21(4)26-27-25(31)34-17-24(33)29-13-11-28(12-14-29)16-23(32)30-10-6-5-7-20(30)3/h8-9,15,20H,5-7,10-14,16-17H2,1-4H3. The number of aryl methyl sites for hydroxylation is 3. The Morgan fingerprint density at radius 1 is 1.00 bits per heavy atom. The maximum atomic E-state index is 12.9. The highest BCUT2D eigenvalue weighted by molar-refractivity contribution is 7.99. The lowest BCUT2D eigenvalue weighted by Gasteiger charge is -2.38. The molecule has 2 amide bonds. The third kappa shape index (κ3) is 5.63. The fourth-order valence-electron chi connectivity index (χ4n) is 4.80. The number of rotatable bonds is 6. The van der Waals surface area contributed by atoms with E-state index in [1.807, 2.05) is 21.3 Å². The number of thioether (sulfide) groups is 1. The summed E-state index contributed by atoms with van der Waals surface area (Å²) in [6.07, 6.45) is 3.42. The molecule has 2 saturated heterocycles. The molecule has 2 aliphatic rings. The van der Waals surface area contributed by atoms with Crippen LogP contribution in [0.5, 0.6) is 0 Å². The maximum absolute atomic E-state index is 12.9. The third-order valence-corrected chi connectivity index (χ3v) is 7.85. The monoisotopic (exact) mass is 484 g/mol. The number of carbonyl (C=O) groups excluding carboxylic acids is 2. The Labute approximate surface area is 206 Å². The van der Waals surface area contributed by atoms with Gasteiger partial charge in [0.25, 0.3) is 0 Å². The van der Waals surface area contributed by atoms with Crippen LogP contribution in [-0.4, -0.2) is 92.3 Å². The molecule has 2 aromatic rings. The summed E-state index contributed by atoms with van der Waals surface area (Å²) >= 11 is 1.43. The highest BCUT2D eigenvalue weighted by Crippen LogP contribution is 2.25. The van der Waals surface area contributed by atoms with Crippen molar-refractivity contribution in [1.82, 2.24) is 29.5 Å². The Bertz CT molecular complexity index is 1030. The second kappa shape index (κ2) is 10.9. The Kier molecular flexibility index (Phi) is 7.93. The molecule has 0 N–H and O–H groups in total. The van der Waals surface area contributed by atoms with Crippen LogP contribution in [0, 0.1) is 20.8 Å². The lowest BCUT2D eigenvalue weighted by molar-refractivity contribution is -0.136. The van der Waals surface area contributed by atoms with Gasteiger partial charge in [-0.3, -0.25) is 19.1 Å². The largest absolute Gasteiger partial charge is 0.339 e. The second-order valence-corrected chi connectivity index (χ2v) is 10.5.